The van der Waals surface area contributed by atoms with Crippen LogP contribution in [0.5, 0.6) is 11.5 Å². The van der Waals surface area contributed by atoms with E-state index >= 15 is 0 Å². The zero-order valence-electron chi connectivity index (χ0n) is 23.4. The van der Waals surface area contributed by atoms with Gasteiger partial charge in [0.05, 0.1) is 25.6 Å². The summed E-state index contributed by atoms with van der Waals surface area (Å²) < 4.78 is 34.0. The van der Waals surface area contributed by atoms with E-state index < -0.39 is 22.0 Å². The molecule has 0 bridgehead atoms. The van der Waals surface area contributed by atoms with Crippen molar-refractivity contribution >= 4 is 28.2 Å². The summed E-state index contributed by atoms with van der Waals surface area (Å²) >= 11 is 0. The number of benzene rings is 1. The first-order valence-corrected chi connectivity index (χ1v) is 15.1. The normalized spacial score (nSPS) is 14.8. The van der Waals surface area contributed by atoms with Gasteiger partial charge in [-0.3, -0.25) is 4.79 Å². The average molecular weight is 565 g/mol. The fourth-order valence-corrected chi connectivity index (χ4v) is 4.71. The molecule has 4 N–H and O–H groups in total. The van der Waals surface area contributed by atoms with Gasteiger partial charge in [0.1, 0.15) is 9.84 Å². The molecule has 216 valence electrons. The monoisotopic (exact) mass is 564 g/mol. The van der Waals surface area contributed by atoms with Crippen LogP contribution in [0.2, 0.25) is 0 Å². The fraction of sp³-hybridized carbons (Fsp3) is 0.741. The van der Waals surface area contributed by atoms with Crippen LogP contribution < -0.4 is 20.5 Å². The van der Waals surface area contributed by atoms with Gasteiger partial charge < -0.3 is 25.6 Å². The molecular formula is C27H49ClN2O6S. The van der Waals surface area contributed by atoms with Gasteiger partial charge in [-0.1, -0.05) is 40.2 Å². The maximum Gasteiger partial charge on any atom is 0.222 e. The van der Waals surface area contributed by atoms with Crippen LogP contribution in [-0.4, -0.2) is 63.8 Å². The third-order valence-electron chi connectivity index (χ3n) is 6.53. The van der Waals surface area contributed by atoms with Crippen LogP contribution >= 0.6 is 12.4 Å². The van der Waals surface area contributed by atoms with Gasteiger partial charge in [-0.2, -0.15) is 0 Å². The molecule has 0 aliphatic heterocycles. The number of ether oxygens (including phenoxy) is 2. The molecule has 8 nitrogen and oxygen atoms in total. The molecule has 1 amide bonds. The van der Waals surface area contributed by atoms with Crippen molar-refractivity contribution in [3.05, 3.63) is 23.8 Å². The van der Waals surface area contributed by atoms with Crippen molar-refractivity contribution in [2.24, 2.45) is 23.5 Å². The van der Waals surface area contributed by atoms with Crippen molar-refractivity contribution in [2.45, 2.75) is 78.4 Å². The van der Waals surface area contributed by atoms with Gasteiger partial charge in [0.25, 0.3) is 0 Å². The molecule has 0 unspecified atom stereocenters. The zero-order chi connectivity index (χ0) is 27.3. The molecule has 1 aromatic rings. The lowest BCUT2D eigenvalue weighted by atomic mass is 9.82. The number of aliphatic hydroxyl groups is 1. The van der Waals surface area contributed by atoms with Crippen molar-refractivity contribution in [1.82, 2.24) is 5.32 Å². The molecule has 4 atom stereocenters. The lowest BCUT2D eigenvalue weighted by Gasteiger charge is -2.28. The number of amides is 1. The van der Waals surface area contributed by atoms with Gasteiger partial charge >= 0.3 is 0 Å². The van der Waals surface area contributed by atoms with Gasteiger partial charge in [0.2, 0.25) is 5.91 Å². The summed E-state index contributed by atoms with van der Waals surface area (Å²) in [5, 5.41) is 13.6. The minimum atomic E-state index is -3.03. The van der Waals surface area contributed by atoms with Crippen molar-refractivity contribution in [1.29, 1.82) is 0 Å². The Hall–Kier alpha value is -1.55. The lowest BCUT2D eigenvalue weighted by Crippen LogP contribution is -2.41. The number of nitrogens with two attached hydrogens (primary N) is 1. The minimum absolute atomic E-state index is 0. The summed E-state index contributed by atoms with van der Waals surface area (Å²) in [6, 6.07) is 5.33. The molecule has 0 saturated carbocycles. The maximum absolute atomic E-state index is 12.3. The highest BCUT2D eigenvalue weighted by atomic mass is 35.5. The van der Waals surface area contributed by atoms with E-state index in [0.717, 1.165) is 24.8 Å². The Morgan fingerprint density at radius 3 is 2.38 bits per heavy atom. The van der Waals surface area contributed by atoms with Crippen LogP contribution in [0.3, 0.4) is 0 Å². The second kappa shape index (κ2) is 17.9. The minimum Gasteiger partial charge on any atom is -0.493 e. The van der Waals surface area contributed by atoms with Crippen LogP contribution in [0.25, 0.3) is 0 Å². The number of nitrogens with one attached hydrogen (secondary N) is 1. The van der Waals surface area contributed by atoms with Crippen LogP contribution in [0.4, 0.5) is 0 Å². The Kier molecular flexibility index (Phi) is 17.1. The quantitative estimate of drug-likeness (QED) is 0.231. The predicted octanol–water partition coefficient (Wildman–Crippen LogP) is 3.77. The third kappa shape index (κ3) is 14.3. The summed E-state index contributed by atoms with van der Waals surface area (Å²) in [7, 11) is -1.46. The first kappa shape index (κ1) is 35.5. The summed E-state index contributed by atoms with van der Waals surface area (Å²) in [4.78, 5) is 12.3. The molecule has 1 aromatic carbocycles. The highest BCUT2D eigenvalue weighted by Gasteiger charge is 2.26. The zero-order valence-corrected chi connectivity index (χ0v) is 25.0. The first-order chi connectivity index (χ1) is 16.9. The molecule has 0 aromatic heterocycles. The lowest BCUT2D eigenvalue weighted by molar-refractivity contribution is -0.125. The highest BCUT2D eigenvalue weighted by Crippen LogP contribution is 2.31. The molecule has 1 rings (SSSR count). The average Bonchev–Trinajstić information content (AvgIpc) is 2.80. The van der Waals surface area contributed by atoms with Crippen LogP contribution in [-0.2, 0) is 21.1 Å². The van der Waals surface area contributed by atoms with Gasteiger partial charge in [-0.05, 0) is 61.6 Å². The second-order valence-electron chi connectivity index (χ2n) is 10.3. The number of aliphatic hydroxyl groups excluding tert-OH is 1. The van der Waals surface area contributed by atoms with Gasteiger partial charge in [0, 0.05) is 24.8 Å². The van der Waals surface area contributed by atoms with E-state index in [-0.39, 0.29) is 42.5 Å². The van der Waals surface area contributed by atoms with E-state index in [1.165, 1.54) is 6.26 Å². The SMILES string of the molecule is CCCCNC(=O)[C@H](C)C[C@H](O)[C@@H](N)C[C@H](Cc1ccc(OC)c(OCCCS(C)(=O)=O)c1)C(C)C.Cl. The number of carbonyl (C=O) groups is 1. The van der Waals surface area contributed by atoms with E-state index in [1.54, 1.807) is 7.11 Å². The Morgan fingerprint density at radius 1 is 1.14 bits per heavy atom. The molecule has 0 radical (unpaired) electrons. The van der Waals surface area contributed by atoms with Crippen molar-refractivity contribution in [3.8, 4) is 11.5 Å². The van der Waals surface area contributed by atoms with E-state index in [1.807, 2.05) is 25.1 Å². The Balaban J connectivity index is 0.0000130. The highest BCUT2D eigenvalue weighted by molar-refractivity contribution is 7.90. The Morgan fingerprint density at radius 2 is 1.81 bits per heavy atom. The number of unbranched alkanes of at least 4 members (excludes halogenated alkanes) is 1. The van der Waals surface area contributed by atoms with Crippen molar-refractivity contribution in [2.75, 3.05) is 32.3 Å². The van der Waals surface area contributed by atoms with Crippen molar-refractivity contribution in [3.63, 3.8) is 0 Å². The number of hydrogen-bond donors (Lipinski definition) is 3. The van der Waals surface area contributed by atoms with Gasteiger partial charge in [0.15, 0.2) is 11.5 Å². The summed E-state index contributed by atoms with van der Waals surface area (Å²) in [5.41, 5.74) is 7.45. The first-order valence-electron chi connectivity index (χ1n) is 13.1. The molecule has 0 aliphatic carbocycles. The number of methoxy groups -OCH3 is 1. The summed E-state index contributed by atoms with van der Waals surface area (Å²) in [5.74, 6) is 1.45. The van der Waals surface area contributed by atoms with Crippen molar-refractivity contribution < 1.29 is 27.8 Å². The van der Waals surface area contributed by atoms with Gasteiger partial charge in [-0.15, -0.1) is 12.4 Å². The number of halogens is 1. The molecule has 0 saturated heterocycles. The molecular weight excluding hydrogens is 516 g/mol. The van der Waals surface area contributed by atoms with E-state index in [4.69, 9.17) is 15.2 Å². The molecule has 0 aliphatic rings. The third-order valence-corrected chi connectivity index (χ3v) is 7.56. The number of hydrogen-bond acceptors (Lipinski definition) is 7. The number of sulfone groups is 1. The Bertz CT molecular complexity index is 897. The smallest absolute Gasteiger partial charge is 0.222 e. The van der Waals surface area contributed by atoms with Gasteiger partial charge in [-0.25, -0.2) is 8.42 Å². The molecule has 0 spiro atoms. The Labute approximate surface area is 230 Å². The van der Waals surface area contributed by atoms with E-state index in [0.29, 0.717) is 43.2 Å². The standard InChI is InChI=1S/C27H48N2O6S.ClH/c1-7-8-12-29-27(31)20(4)15-24(30)23(28)18-22(19(2)3)16-21-10-11-25(34-5)26(17-21)35-13-9-14-36(6,32)33;/h10-11,17,19-20,22-24,30H,7-9,12-16,18,28H2,1-6H3,(H,29,31);1H/t20-,22+,23+,24+;/m1./s1. The second-order valence-corrected chi connectivity index (χ2v) is 12.5. The molecule has 10 heteroatoms. The molecule has 37 heavy (non-hydrogen) atoms. The fourth-order valence-electron chi connectivity index (χ4n) is 4.07. The summed E-state index contributed by atoms with van der Waals surface area (Å²) in [6.45, 7) is 9.11. The molecule has 0 heterocycles. The predicted molar refractivity (Wildman–Crippen MR) is 152 cm³/mol. The number of carbonyl (C=O) groups excluding carboxylic acids is 1. The van der Waals surface area contributed by atoms with Crippen LogP contribution in [0.15, 0.2) is 18.2 Å². The van der Waals surface area contributed by atoms with E-state index in [2.05, 4.69) is 26.1 Å². The molecule has 0 fully saturated rings. The van der Waals surface area contributed by atoms with E-state index in [9.17, 15) is 18.3 Å². The van der Waals surface area contributed by atoms with Crippen LogP contribution in [0, 0.1) is 17.8 Å². The topological polar surface area (TPSA) is 128 Å². The largest absolute Gasteiger partial charge is 0.493 e. The maximum atomic E-state index is 12.3. The number of rotatable bonds is 18. The summed E-state index contributed by atoms with van der Waals surface area (Å²) in [6.07, 6.45) is 4.52. The van der Waals surface area contributed by atoms with Crippen LogP contribution in [0.1, 0.15) is 65.4 Å².